The Morgan fingerprint density at radius 3 is 2.78 bits per heavy atom. The summed E-state index contributed by atoms with van der Waals surface area (Å²) in [7, 11) is 0. The average molecular weight is 123 g/mol. The van der Waals surface area contributed by atoms with Gasteiger partial charge in [-0.1, -0.05) is 18.2 Å². The van der Waals surface area contributed by atoms with Crippen molar-refractivity contribution in [2.45, 2.75) is 13.8 Å². The highest BCUT2D eigenvalue weighted by Crippen LogP contribution is 1.88. The lowest BCUT2D eigenvalue weighted by Crippen LogP contribution is -1.71. The second-order valence-corrected chi connectivity index (χ2v) is 1.76. The maximum absolute atomic E-state index is 4.01. The van der Waals surface area contributed by atoms with Crippen molar-refractivity contribution in [2.24, 2.45) is 4.99 Å². The molecule has 0 atom stereocenters. The fraction of sp³-hybridized carbons (Fsp3) is 0.375. The fourth-order valence-electron chi connectivity index (χ4n) is 0.344. The Balaban J connectivity index is 3.68. The maximum atomic E-state index is 4.01. The van der Waals surface area contributed by atoms with Gasteiger partial charge in [-0.15, -0.1) is 0 Å². The molecule has 0 fully saturated rings. The third-order valence-corrected chi connectivity index (χ3v) is 0.947. The number of hydrogen-bond donors (Lipinski definition) is 0. The maximum Gasteiger partial charge on any atom is 0.0360 e. The first-order valence-electron chi connectivity index (χ1n) is 3.10. The smallest absolute Gasteiger partial charge is 0.0360 e. The average Bonchev–Trinajstić information content (AvgIpc) is 1.89. The van der Waals surface area contributed by atoms with E-state index in [0.29, 0.717) is 0 Å². The van der Waals surface area contributed by atoms with E-state index in [-0.39, 0.29) is 0 Å². The van der Waals surface area contributed by atoms with Gasteiger partial charge in [0.05, 0.1) is 0 Å². The molecule has 0 radical (unpaired) electrons. The normalized spacial score (nSPS) is 12.4. The van der Waals surface area contributed by atoms with Gasteiger partial charge in [0.1, 0.15) is 0 Å². The van der Waals surface area contributed by atoms with Crippen molar-refractivity contribution in [3.05, 3.63) is 24.3 Å². The number of allylic oxidation sites excluding steroid dienone is 3. The number of aliphatic imine (C=N–C) groups is 1. The Morgan fingerprint density at radius 2 is 2.33 bits per heavy atom. The summed E-state index contributed by atoms with van der Waals surface area (Å²) in [6, 6.07) is 0. The highest BCUT2D eigenvalue weighted by molar-refractivity contribution is 5.72. The fourth-order valence-corrected chi connectivity index (χ4v) is 0.344. The molecule has 1 nitrogen and oxygen atoms in total. The van der Waals surface area contributed by atoms with E-state index in [0.717, 1.165) is 12.1 Å². The molecular weight excluding hydrogens is 110 g/mol. The van der Waals surface area contributed by atoms with Gasteiger partial charge < -0.3 is 0 Å². The summed E-state index contributed by atoms with van der Waals surface area (Å²) < 4.78 is 0. The largest absolute Gasteiger partial charge is 0.293 e. The molecule has 0 saturated carbocycles. The second kappa shape index (κ2) is 5.29. The van der Waals surface area contributed by atoms with Crippen LogP contribution in [0.15, 0.2) is 29.3 Å². The van der Waals surface area contributed by atoms with E-state index in [1.165, 1.54) is 0 Å². The van der Waals surface area contributed by atoms with Crippen molar-refractivity contribution in [1.82, 2.24) is 0 Å². The Hall–Kier alpha value is -0.850. The highest BCUT2D eigenvalue weighted by Gasteiger charge is 1.72. The van der Waals surface area contributed by atoms with Crippen LogP contribution in [0, 0.1) is 0 Å². The molecule has 0 rings (SSSR count). The SMILES string of the molecule is C=C/C(C)=C/C=NCC. The summed E-state index contributed by atoms with van der Waals surface area (Å²) in [6.07, 6.45) is 5.55. The second-order valence-electron chi connectivity index (χ2n) is 1.76. The number of rotatable bonds is 3. The van der Waals surface area contributed by atoms with Crippen LogP contribution >= 0.6 is 0 Å². The quantitative estimate of drug-likeness (QED) is 0.403. The van der Waals surface area contributed by atoms with Gasteiger partial charge in [0.2, 0.25) is 0 Å². The van der Waals surface area contributed by atoms with Crippen LogP contribution in [0.5, 0.6) is 0 Å². The third-order valence-electron chi connectivity index (χ3n) is 0.947. The van der Waals surface area contributed by atoms with Crippen LogP contribution in [-0.2, 0) is 0 Å². The predicted octanol–water partition coefficient (Wildman–Crippen LogP) is 2.21. The summed E-state index contributed by atoms with van der Waals surface area (Å²) in [6.45, 7) is 8.46. The summed E-state index contributed by atoms with van der Waals surface area (Å²) in [5, 5.41) is 0. The molecule has 9 heavy (non-hydrogen) atoms. The minimum Gasteiger partial charge on any atom is -0.293 e. The molecule has 0 saturated heterocycles. The number of hydrogen-bond acceptors (Lipinski definition) is 1. The van der Waals surface area contributed by atoms with Gasteiger partial charge in [0, 0.05) is 12.8 Å². The lowest BCUT2D eigenvalue weighted by Gasteiger charge is -1.82. The molecule has 0 aromatic heterocycles. The van der Waals surface area contributed by atoms with Gasteiger partial charge in [0.25, 0.3) is 0 Å². The molecule has 0 N–H and O–H groups in total. The zero-order chi connectivity index (χ0) is 7.11. The van der Waals surface area contributed by atoms with E-state index >= 15 is 0 Å². The van der Waals surface area contributed by atoms with Crippen LogP contribution in [-0.4, -0.2) is 12.8 Å². The topological polar surface area (TPSA) is 12.4 Å². The Labute approximate surface area is 56.8 Å². The Morgan fingerprint density at radius 1 is 1.67 bits per heavy atom. The van der Waals surface area contributed by atoms with Crippen LogP contribution in [0.3, 0.4) is 0 Å². The van der Waals surface area contributed by atoms with Crippen molar-refractivity contribution in [2.75, 3.05) is 6.54 Å². The van der Waals surface area contributed by atoms with Gasteiger partial charge in [-0.05, 0) is 19.9 Å². The number of nitrogens with zero attached hydrogens (tertiary/aromatic N) is 1. The van der Waals surface area contributed by atoms with Crippen molar-refractivity contribution in [1.29, 1.82) is 0 Å². The van der Waals surface area contributed by atoms with E-state index in [2.05, 4.69) is 11.6 Å². The Bertz CT molecular complexity index is 132. The van der Waals surface area contributed by atoms with Crippen LogP contribution in [0.25, 0.3) is 0 Å². The molecule has 1 heteroatoms. The van der Waals surface area contributed by atoms with Gasteiger partial charge in [-0.25, -0.2) is 0 Å². The zero-order valence-electron chi connectivity index (χ0n) is 6.09. The first-order chi connectivity index (χ1) is 4.31. The predicted molar refractivity (Wildman–Crippen MR) is 43.0 cm³/mol. The summed E-state index contributed by atoms with van der Waals surface area (Å²) >= 11 is 0. The lowest BCUT2D eigenvalue weighted by molar-refractivity contribution is 1.14. The van der Waals surface area contributed by atoms with Crippen LogP contribution < -0.4 is 0 Å². The standard InChI is InChI=1S/C8H13N/c1-4-8(3)6-7-9-5-2/h4,6-7H,1,5H2,2-3H3/b8-6+,9-7?. The van der Waals surface area contributed by atoms with E-state index in [4.69, 9.17) is 0 Å². The van der Waals surface area contributed by atoms with Crippen LogP contribution in [0.2, 0.25) is 0 Å². The minimum atomic E-state index is 0.848. The van der Waals surface area contributed by atoms with E-state index in [1.807, 2.05) is 26.0 Å². The van der Waals surface area contributed by atoms with E-state index < -0.39 is 0 Å². The summed E-state index contributed by atoms with van der Waals surface area (Å²) in [5.41, 5.74) is 1.15. The van der Waals surface area contributed by atoms with Crippen molar-refractivity contribution < 1.29 is 0 Å². The zero-order valence-corrected chi connectivity index (χ0v) is 6.09. The van der Waals surface area contributed by atoms with Crippen molar-refractivity contribution in [3.63, 3.8) is 0 Å². The molecule has 0 aromatic rings. The lowest BCUT2D eigenvalue weighted by atomic mass is 10.3. The van der Waals surface area contributed by atoms with Crippen molar-refractivity contribution >= 4 is 6.21 Å². The first-order valence-corrected chi connectivity index (χ1v) is 3.10. The first kappa shape index (κ1) is 8.15. The van der Waals surface area contributed by atoms with Gasteiger partial charge >= 0.3 is 0 Å². The summed E-state index contributed by atoms with van der Waals surface area (Å²) in [4.78, 5) is 4.01. The molecule has 0 aromatic carbocycles. The molecule has 0 spiro atoms. The van der Waals surface area contributed by atoms with E-state index in [1.54, 1.807) is 6.21 Å². The third kappa shape index (κ3) is 5.01. The van der Waals surface area contributed by atoms with E-state index in [9.17, 15) is 0 Å². The molecule has 0 bridgehead atoms. The molecular formula is C8H13N. The van der Waals surface area contributed by atoms with Crippen molar-refractivity contribution in [3.8, 4) is 0 Å². The molecule has 0 amide bonds. The monoisotopic (exact) mass is 123 g/mol. The Kier molecular flexibility index (Phi) is 4.79. The van der Waals surface area contributed by atoms with Gasteiger partial charge in [-0.3, -0.25) is 4.99 Å². The van der Waals surface area contributed by atoms with Crippen LogP contribution in [0.1, 0.15) is 13.8 Å². The van der Waals surface area contributed by atoms with Gasteiger partial charge in [0.15, 0.2) is 0 Å². The molecule has 50 valence electrons. The molecule has 0 aliphatic rings. The van der Waals surface area contributed by atoms with Crippen LogP contribution in [0.4, 0.5) is 0 Å². The van der Waals surface area contributed by atoms with Gasteiger partial charge in [-0.2, -0.15) is 0 Å². The molecule has 0 unspecified atom stereocenters. The molecule has 0 heterocycles. The molecule has 0 aliphatic carbocycles. The highest BCUT2D eigenvalue weighted by atomic mass is 14.7. The minimum absolute atomic E-state index is 0.848. The summed E-state index contributed by atoms with van der Waals surface area (Å²) in [5.74, 6) is 0. The molecule has 0 aliphatic heterocycles.